The Kier molecular flexibility index (Phi) is 3.05. The number of nitrogens with zero attached hydrogens (tertiary/aromatic N) is 2. The third-order valence-electron chi connectivity index (χ3n) is 3.07. The average molecular weight is 267 g/mol. The highest BCUT2D eigenvalue weighted by Crippen LogP contribution is 2.49. The van der Waals surface area contributed by atoms with Gasteiger partial charge in [0.25, 0.3) is 0 Å². The molecule has 1 atom stereocenters. The molecule has 1 aromatic rings. The highest BCUT2D eigenvalue weighted by Gasteiger charge is 2.47. The van der Waals surface area contributed by atoms with Crippen molar-refractivity contribution in [2.45, 2.75) is 31.6 Å². The Hall–Kier alpha value is -0.480. The quantitative estimate of drug-likeness (QED) is 0.811. The third-order valence-corrected chi connectivity index (χ3v) is 3.54. The molecule has 0 spiro atoms. The second kappa shape index (κ2) is 4.08. The van der Waals surface area contributed by atoms with Crippen molar-refractivity contribution >= 4 is 23.2 Å². The number of hydrogen-bond donors (Lipinski definition) is 0. The van der Waals surface area contributed by atoms with Crippen molar-refractivity contribution in [2.75, 3.05) is 0 Å². The van der Waals surface area contributed by atoms with Crippen LogP contribution in [0.4, 0.5) is 8.78 Å². The fraction of sp³-hybridized carbons (Fsp3) is 0.600. The van der Waals surface area contributed by atoms with Crippen LogP contribution in [0.2, 0.25) is 10.3 Å². The lowest BCUT2D eigenvalue weighted by molar-refractivity contribution is -0.115. The van der Waals surface area contributed by atoms with Crippen molar-refractivity contribution < 1.29 is 8.78 Å². The monoisotopic (exact) mass is 266 g/mol. The normalized spacial score (nSPS) is 21.6. The maximum absolute atomic E-state index is 12.8. The summed E-state index contributed by atoms with van der Waals surface area (Å²) in [7, 11) is 0. The summed E-state index contributed by atoms with van der Waals surface area (Å²) in [4.78, 5) is 0. The summed E-state index contributed by atoms with van der Waals surface area (Å²) >= 11 is 11.6. The van der Waals surface area contributed by atoms with Crippen LogP contribution in [-0.2, 0) is 0 Å². The molecule has 2 rings (SSSR count). The molecule has 16 heavy (non-hydrogen) atoms. The molecule has 1 fully saturated rings. The molecule has 1 saturated carbocycles. The van der Waals surface area contributed by atoms with Crippen LogP contribution in [0.15, 0.2) is 6.07 Å². The first kappa shape index (κ1) is 12.0. The number of aromatic nitrogens is 2. The van der Waals surface area contributed by atoms with E-state index in [1.165, 1.54) is 0 Å². The zero-order chi connectivity index (χ0) is 11.9. The Morgan fingerprint density at radius 2 is 2.00 bits per heavy atom. The molecule has 0 N–H and O–H groups in total. The first-order valence-electron chi connectivity index (χ1n) is 4.95. The number of halogens is 4. The minimum atomic E-state index is -2.52. The van der Waals surface area contributed by atoms with Crippen LogP contribution in [0.3, 0.4) is 0 Å². The maximum atomic E-state index is 12.8. The molecule has 2 nitrogen and oxygen atoms in total. The smallest absolute Gasteiger partial charge is 0.207 e. The first-order valence-corrected chi connectivity index (χ1v) is 5.71. The third kappa shape index (κ3) is 2.28. The number of hydrogen-bond acceptors (Lipinski definition) is 2. The van der Waals surface area contributed by atoms with Crippen LogP contribution in [0.5, 0.6) is 0 Å². The van der Waals surface area contributed by atoms with Crippen molar-refractivity contribution in [1.82, 2.24) is 10.2 Å². The van der Waals surface area contributed by atoms with Gasteiger partial charge in [0.2, 0.25) is 5.92 Å². The van der Waals surface area contributed by atoms with E-state index < -0.39 is 5.92 Å². The van der Waals surface area contributed by atoms with E-state index in [0.29, 0.717) is 5.56 Å². The van der Waals surface area contributed by atoms with Gasteiger partial charge < -0.3 is 0 Å². The molecule has 1 heterocycles. The van der Waals surface area contributed by atoms with Crippen molar-refractivity contribution in [2.24, 2.45) is 5.92 Å². The molecule has 0 radical (unpaired) electrons. The highest BCUT2D eigenvalue weighted by atomic mass is 35.5. The van der Waals surface area contributed by atoms with Crippen LogP contribution in [-0.4, -0.2) is 16.1 Å². The van der Waals surface area contributed by atoms with Crippen LogP contribution in [0, 0.1) is 5.92 Å². The van der Waals surface area contributed by atoms with E-state index in [1.54, 1.807) is 6.07 Å². The summed E-state index contributed by atoms with van der Waals surface area (Å²) in [6.07, 6.45) is -0.186. The average Bonchev–Trinajstić information content (AvgIpc) is 2.17. The molecule has 1 unspecified atom stereocenters. The first-order chi connectivity index (χ1) is 7.39. The zero-order valence-corrected chi connectivity index (χ0v) is 10.1. The Bertz CT molecular complexity index is 404. The van der Waals surface area contributed by atoms with Gasteiger partial charge in [-0.1, -0.05) is 30.1 Å². The minimum absolute atomic E-state index is 0.0623. The molecule has 0 saturated heterocycles. The SMILES string of the molecule is CC(c1cc(Cl)nnc1Cl)C1CC(F)(F)C1. The maximum Gasteiger partial charge on any atom is 0.248 e. The Labute approximate surface area is 102 Å². The summed E-state index contributed by atoms with van der Waals surface area (Å²) in [5, 5.41) is 7.74. The Morgan fingerprint density at radius 3 is 2.56 bits per heavy atom. The van der Waals surface area contributed by atoms with E-state index in [9.17, 15) is 8.78 Å². The van der Waals surface area contributed by atoms with Crippen molar-refractivity contribution in [1.29, 1.82) is 0 Å². The standard InChI is InChI=1S/C10H10Cl2F2N2/c1-5(6-3-10(13,14)4-6)7-2-8(11)15-16-9(7)12/h2,5-6H,3-4H2,1H3. The summed E-state index contributed by atoms with van der Waals surface area (Å²) in [5.41, 5.74) is 0.696. The molecular weight excluding hydrogens is 257 g/mol. The van der Waals surface area contributed by atoms with Gasteiger partial charge in [0.05, 0.1) is 0 Å². The van der Waals surface area contributed by atoms with Crippen LogP contribution < -0.4 is 0 Å². The molecule has 6 heteroatoms. The Morgan fingerprint density at radius 1 is 1.38 bits per heavy atom. The molecule has 88 valence electrons. The van der Waals surface area contributed by atoms with Crippen LogP contribution in [0.25, 0.3) is 0 Å². The van der Waals surface area contributed by atoms with Crippen LogP contribution >= 0.6 is 23.2 Å². The lowest BCUT2D eigenvalue weighted by atomic mass is 9.72. The molecular formula is C10H10Cl2F2N2. The highest BCUT2D eigenvalue weighted by molar-refractivity contribution is 6.31. The minimum Gasteiger partial charge on any atom is -0.207 e. The van der Waals surface area contributed by atoms with E-state index in [0.717, 1.165) is 0 Å². The van der Waals surface area contributed by atoms with E-state index >= 15 is 0 Å². The van der Waals surface area contributed by atoms with E-state index in [4.69, 9.17) is 23.2 Å². The van der Waals surface area contributed by atoms with Gasteiger partial charge in [0.1, 0.15) is 0 Å². The van der Waals surface area contributed by atoms with Gasteiger partial charge in [-0.05, 0) is 23.5 Å². The number of alkyl halides is 2. The molecule has 1 aliphatic rings. The summed E-state index contributed by atoms with van der Waals surface area (Å²) in [6.45, 7) is 1.86. The van der Waals surface area contributed by atoms with Gasteiger partial charge in [-0.3, -0.25) is 0 Å². The van der Waals surface area contributed by atoms with E-state index in [-0.39, 0.29) is 35.0 Å². The molecule has 0 aromatic carbocycles. The van der Waals surface area contributed by atoms with E-state index in [2.05, 4.69) is 10.2 Å². The van der Waals surface area contributed by atoms with Gasteiger partial charge in [-0.2, -0.15) is 0 Å². The van der Waals surface area contributed by atoms with Gasteiger partial charge in [-0.25, -0.2) is 8.78 Å². The Balaban J connectivity index is 2.15. The lowest BCUT2D eigenvalue weighted by Crippen LogP contribution is -2.38. The molecule has 0 bridgehead atoms. The second-order valence-electron chi connectivity index (χ2n) is 4.23. The summed E-state index contributed by atoms with van der Waals surface area (Å²) in [6, 6.07) is 1.60. The van der Waals surface area contributed by atoms with Gasteiger partial charge >= 0.3 is 0 Å². The van der Waals surface area contributed by atoms with Crippen molar-refractivity contribution in [3.05, 3.63) is 21.9 Å². The summed E-state index contributed by atoms with van der Waals surface area (Å²) < 4.78 is 25.5. The van der Waals surface area contributed by atoms with E-state index in [1.807, 2.05) is 6.92 Å². The lowest BCUT2D eigenvalue weighted by Gasteiger charge is -2.39. The largest absolute Gasteiger partial charge is 0.248 e. The molecule has 1 aromatic heterocycles. The molecule has 1 aliphatic carbocycles. The van der Waals surface area contributed by atoms with Crippen molar-refractivity contribution in [3.63, 3.8) is 0 Å². The van der Waals surface area contributed by atoms with Crippen LogP contribution in [0.1, 0.15) is 31.2 Å². The van der Waals surface area contributed by atoms with Gasteiger partial charge in [-0.15, -0.1) is 10.2 Å². The van der Waals surface area contributed by atoms with Gasteiger partial charge in [0, 0.05) is 12.8 Å². The predicted molar refractivity (Wildman–Crippen MR) is 58.1 cm³/mol. The molecule has 0 amide bonds. The predicted octanol–water partition coefficient (Wildman–Crippen LogP) is 3.93. The zero-order valence-electron chi connectivity index (χ0n) is 8.55. The topological polar surface area (TPSA) is 25.8 Å². The van der Waals surface area contributed by atoms with Gasteiger partial charge in [0.15, 0.2) is 10.3 Å². The fourth-order valence-corrected chi connectivity index (χ4v) is 2.42. The number of rotatable bonds is 2. The second-order valence-corrected chi connectivity index (χ2v) is 4.97. The summed E-state index contributed by atoms with van der Waals surface area (Å²) in [5.74, 6) is -2.65. The van der Waals surface area contributed by atoms with Crippen molar-refractivity contribution in [3.8, 4) is 0 Å². The molecule has 0 aliphatic heterocycles. The fourth-order valence-electron chi connectivity index (χ4n) is 2.00.